The number of anilines is 4. The smallest absolute Gasteiger partial charge is 0.339 e. The molecule has 0 radical (unpaired) electrons. The minimum Gasteiger partial charge on any atom is -0.465 e. The number of carbonyl (C=O) groups is 1. The Morgan fingerprint density at radius 3 is 2.31 bits per heavy atom. The number of nitrogens with two attached hydrogens (primary N) is 1. The van der Waals surface area contributed by atoms with E-state index in [4.69, 9.17) is 4.74 Å². The minimum absolute atomic E-state index is 0.337. The van der Waals surface area contributed by atoms with Gasteiger partial charge < -0.3 is 20.3 Å². The van der Waals surface area contributed by atoms with Crippen molar-refractivity contribution in [3.05, 3.63) is 82.9 Å². The third kappa shape index (κ3) is 5.85. The van der Waals surface area contributed by atoms with Crippen LogP contribution in [-0.4, -0.2) is 27.2 Å². The second-order valence-electron chi connectivity index (χ2n) is 9.59. The summed E-state index contributed by atoms with van der Waals surface area (Å²) in [6.07, 6.45) is 6.73. The van der Waals surface area contributed by atoms with E-state index in [0.29, 0.717) is 5.56 Å². The van der Waals surface area contributed by atoms with Crippen molar-refractivity contribution in [1.29, 1.82) is 0 Å². The Labute approximate surface area is 209 Å². The Morgan fingerprint density at radius 1 is 0.971 bits per heavy atom. The Kier molecular flexibility index (Phi) is 8.09. The lowest BCUT2D eigenvalue weighted by Crippen LogP contribution is -2.77. The van der Waals surface area contributed by atoms with E-state index in [1.54, 1.807) is 0 Å². The number of aryl methyl sites for hydroxylation is 1. The van der Waals surface area contributed by atoms with Crippen LogP contribution in [0.4, 0.5) is 22.7 Å². The zero-order valence-corrected chi connectivity index (χ0v) is 21.4. The van der Waals surface area contributed by atoms with E-state index in [9.17, 15) is 4.79 Å². The molecule has 0 unspecified atom stereocenters. The molecule has 4 rings (SSSR count). The van der Waals surface area contributed by atoms with Gasteiger partial charge in [0.05, 0.1) is 25.4 Å². The fourth-order valence-electron chi connectivity index (χ4n) is 5.04. The number of nitrogens with one attached hydrogen (secondary N) is 1. The molecule has 3 N–H and O–H groups in total. The van der Waals surface area contributed by atoms with E-state index >= 15 is 0 Å². The molecule has 5 nitrogen and oxygen atoms in total. The SMILES string of the molecule is C[NH2+]Cc1ccc(Nc2ccc(N(C)c3ccc(C4CCCCC4)cc3)cc2C)c(C(=O)OC)c1. The Hall–Kier alpha value is -3.31. The van der Waals surface area contributed by atoms with Crippen LogP contribution >= 0.6 is 0 Å². The van der Waals surface area contributed by atoms with E-state index in [-0.39, 0.29) is 5.97 Å². The van der Waals surface area contributed by atoms with Gasteiger partial charge in [-0.15, -0.1) is 0 Å². The average molecular weight is 473 g/mol. The van der Waals surface area contributed by atoms with Gasteiger partial charge in [-0.1, -0.05) is 37.5 Å². The highest BCUT2D eigenvalue weighted by Crippen LogP contribution is 2.35. The largest absolute Gasteiger partial charge is 0.465 e. The standard InChI is InChI=1S/C30H37N3O2/c1-21-18-26(33(3)25-13-11-24(12-14-25)23-8-6-5-7-9-23)15-17-28(21)32-29-16-10-22(20-31-2)19-27(29)30(34)35-4/h10-19,23,31-32H,5-9,20H2,1-4H3/p+1. The van der Waals surface area contributed by atoms with Gasteiger partial charge in [0.2, 0.25) is 0 Å². The molecule has 0 saturated heterocycles. The molecule has 3 aromatic carbocycles. The summed E-state index contributed by atoms with van der Waals surface area (Å²) in [6.45, 7) is 2.90. The van der Waals surface area contributed by atoms with Gasteiger partial charge in [0.1, 0.15) is 6.54 Å². The summed E-state index contributed by atoms with van der Waals surface area (Å²) in [5, 5.41) is 5.52. The van der Waals surface area contributed by atoms with Crippen LogP contribution in [0.15, 0.2) is 60.7 Å². The highest BCUT2D eigenvalue weighted by atomic mass is 16.5. The van der Waals surface area contributed by atoms with E-state index in [0.717, 1.165) is 40.7 Å². The number of benzene rings is 3. The number of hydrogen-bond acceptors (Lipinski definition) is 4. The maximum atomic E-state index is 12.4. The first kappa shape index (κ1) is 24.8. The summed E-state index contributed by atoms with van der Waals surface area (Å²) in [7, 11) is 5.54. The van der Waals surface area contributed by atoms with Gasteiger partial charge in [-0.3, -0.25) is 0 Å². The average Bonchev–Trinajstić information content (AvgIpc) is 2.90. The lowest BCUT2D eigenvalue weighted by molar-refractivity contribution is -0.643. The van der Waals surface area contributed by atoms with Gasteiger partial charge in [-0.2, -0.15) is 0 Å². The van der Waals surface area contributed by atoms with Gasteiger partial charge in [0, 0.05) is 29.7 Å². The molecule has 0 spiro atoms. The summed E-state index contributed by atoms with van der Waals surface area (Å²) in [6, 6.07) is 21.4. The molecule has 1 aliphatic carbocycles. The van der Waals surface area contributed by atoms with Crippen LogP contribution in [0.1, 0.15) is 65.1 Å². The fourth-order valence-corrected chi connectivity index (χ4v) is 5.04. The van der Waals surface area contributed by atoms with Crippen LogP contribution in [0, 0.1) is 6.92 Å². The number of nitrogens with zero attached hydrogens (tertiary/aromatic N) is 1. The van der Waals surface area contributed by atoms with Gasteiger partial charge in [-0.25, -0.2) is 4.79 Å². The summed E-state index contributed by atoms with van der Waals surface area (Å²) in [5.74, 6) is 0.385. The van der Waals surface area contributed by atoms with Gasteiger partial charge in [0.15, 0.2) is 0 Å². The minimum atomic E-state index is -0.337. The first-order valence-corrected chi connectivity index (χ1v) is 12.7. The molecule has 1 fully saturated rings. The van der Waals surface area contributed by atoms with Crippen LogP contribution < -0.4 is 15.5 Å². The zero-order chi connectivity index (χ0) is 24.8. The van der Waals surface area contributed by atoms with Crippen LogP contribution in [0.2, 0.25) is 0 Å². The Bertz CT molecular complexity index is 1150. The molecule has 0 atom stereocenters. The van der Waals surface area contributed by atoms with Crippen molar-refractivity contribution < 1.29 is 14.8 Å². The number of esters is 1. The maximum Gasteiger partial charge on any atom is 0.339 e. The zero-order valence-electron chi connectivity index (χ0n) is 21.4. The van der Waals surface area contributed by atoms with Crippen LogP contribution in [0.25, 0.3) is 0 Å². The molecule has 5 heteroatoms. The second-order valence-corrected chi connectivity index (χ2v) is 9.59. The van der Waals surface area contributed by atoms with E-state index in [1.807, 2.05) is 25.2 Å². The predicted octanol–water partition coefficient (Wildman–Crippen LogP) is 6.03. The molecule has 35 heavy (non-hydrogen) atoms. The van der Waals surface area contributed by atoms with Crippen molar-refractivity contribution in [3.8, 4) is 0 Å². The lowest BCUT2D eigenvalue weighted by atomic mass is 9.84. The Morgan fingerprint density at radius 2 is 1.66 bits per heavy atom. The molecule has 0 aliphatic heterocycles. The van der Waals surface area contributed by atoms with E-state index in [2.05, 4.69) is 72.0 Å². The van der Waals surface area contributed by atoms with Crippen molar-refractivity contribution in [2.24, 2.45) is 0 Å². The molecule has 1 saturated carbocycles. The summed E-state index contributed by atoms with van der Waals surface area (Å²) in [5.41, 5.74) is 8.24. The third-order valence-corrected chi connectivity index (χ3v) is 7.15. The van der Waals surface area contributed by atoms with Crippen molar-refractivity contribution in [1.82, 2.24) is 0 Å². The molecular weight excluding hydrogens is 434 g/mol. The highest BCUT2D eigenvalue weighted by Gasteiger charge is 2.17. The van der Waals surface area contributed by atoms with Crippen molar-refractivity contribution in [2.45, 2.75) is 51.5 Å². The van der Waals surface area contributed by atoms with Crippen LogP contribution in [0.5, 0.6) is 0 Å². The normalized spacial score (nSPS) is 13.9. The molecule has 0 heterocycles. The highest BCUT2D eigenvalue weighted by molar-refractivity contribution is 5.97. The summed E-state index contributed by atoms with van der Waals surface area (Å²) < 4.78 is 5.03. The molecule has 0 aromatic heterocycles. The van der Waals surface area contributed by atoms with Gasteiger partial charge in [0.25, 0.3) is 0 Å². The van der Waals surface area contributed by atoms with Crippen molar-refractivity contribution >= 4 is 28.7 Å². The molecule has 0 bridgehead atoms. The van der Waals surface area contributed by atoms with Crippen molar-refractivity contribution in [3.63, 3.8) is 0 Å². The number of hydrogen-bond donors (Lipinski definition) is 2. The summed E-state index contributed by atoms with van der Waals surface area (Å²) in [4.78, 5) is 14.6. The fraction of sp³-hybridized carbons (Fsp3) is 0.367. The Balaban J connectivity index is 1.51. The second kappa shape index (κ2) is 11.4. The molecule has 1 aliphatic rings. The topological polar surface area (TPSA) is 58.2 Å². The number of carbonyl (C=O) groups excluding carboxylic acids is 1. The molecule has 184 valence electrons. The van der Waals surface area contributed by atoms with Crippen molar-refractivity contribution in [2.75, 3.05) is 31.4 Å². The summed E-state index contributed by atoms with van der Waals surface area (Å²) >= 11 is 0. The van der Waals surface area contributed by atoms with Gasteiger partial charge in [-0.05, 0) is 79.3 Å². The van der Waals surface area contributed by atoms with Gasteiger partial charge >= 0.3 is 5.97 Å². The number of quaternary nitrogens is 1. The van der Waals surface area contributed by atoms with E-state index in [1.165, 1.54) is 50.5 Å². The number of methoxy groups -OCH3 is 1. The van der Waals surface area contributed by atoms with E-state index < -0.39 is 0 Å². The number of rotatable bonds is 8. The number of ether oxygens (including phenoxy) is 1. The first-order valence-electron chi connectivity index (χ1n) is 12.7. The van der Waals surface area contributed by atoms with Crippen LogP contribution in [0.3, 0.4) is 0 Å². The lowest BCUT2D eigenvalue weighted by Gasteiger charge is -2.24. The maximum absolute atomic E-state index is 12.4. The molecule has 3 aromatic rings. The first-order chi connectivity index (χ1) is 17.0. The quantitative estimate of drug-likeness (QED) is 0.393. The van der Waals surface area contributed by atoms with Crippen LogP contribution in [-0.2, 0) is 11.3 Å². The predicted molar refractivity (Wildman–Crippen MR) is 144 cm³/mol. The monoisotopic (exact) mass is 472 g/mol. The molecular formula is C30H38N3O2+. The third-order valence-electron chi connectivity index (χ3n) is 7.15. The molecule has 0 amide bonds.